The molecule has 0 heterocycles. The lowest BCUT2D eigenvalue weighted by Gasteiger charge is -2.32. The van der Waals surface area contributed by atoms with Crippen molar-refractivity contribution in [1.82, 2.24) is 0 Å². The van der Waals surface area contributed by atoms with Crippen LogP contribution in [0.25, 0.3) is 0 Å². The van der Waals surface area contributed by atoms with Crippen LogP contribution in [0.4, 0.5) is 8.78 Å². The molecule has 0 unspecified atom stereocenters. The molecular formula is C28H42F2O. The van der Waals surface area contributed by atoms with Crippen LogP contribution < -0.4 is 4.74 Å². The average molecular weight is 433 g/mol. The van der Waals surface area contributed by atoms with E-state index in [-0.39, 0.29) is 0 Å². The Morgan fingerprint density at radius 1 is 0.677 bits per heavy atom. The first-order chi connectivity index (χ1) is 14.8. The van der Waals surface area contributed by atoms with Gasteiger partial charge in [-0.2, -0.15) is 8.78 Å². The van der Waals surface area contributed by atoms with E-state index in [0.717, 1.165) is 36.5 Å². The molecular weight excluding hydrogens is 390 g/mol. The number of ether oxygens (including phenoxy) is 1. The maximum absolute atomic E-state index is 12.3. The fourth-order valence-electron chi connectivity index (χ4n) is 5.83. The molecule has 174 valence electrons. The summed E-state index contributed by atoms with van der Waals surface area (Å²) in [5.74, 6) is 3.26. The highest BCUT2D eigenvalue weighted by Gasteiger charge is 2.26. The summed E-state index contributed by atoms with van der Waals surface area (Å²) in [5.41, 5.74) is 6.75. The Morgan fingerprint density at radius 3 is 1.58 bits per heavy atom. The largest absolute Gasteiger partial charge is 0.490 e. The number of hydrogen-bond acceptors (Lipinski definition) is 1. The molecule has 3 heteroatoms. The maximum atomic E-state index is 12.3. The molecule has 2 aliphatic carbocycles. The zero-order valence-electron chi connectivity index (χ0n) is 20.3. The van der Waals surface area contributed by atoms with Crippen molar-refractivity contribution < 1.29 is 13.5 Å². The number of benzene rings is 1. The Morgan fingerprint density at radius 2 is 1.10 bits per heavy atom. The van der Waals surface area contributed by atoms with Gasteiger partial charge in [0.2, 0.25) is 0 Å². The van der Waals surface area contributed by atoms with Crippen LogP contribution in [0, 0.1) is 52.4 Å². The van der Waals surface area contributed by atoms with E-state index in [9.17, 15) is 8.78 Å². The fourth-order valence-corrected chi connectivity index (χ4v) is 5.83. The van der Waals surface area contributed by atoms with Crippen molar-refractivity contribution in [3.05, 3.63) is 40.0 Å². The van der Waals surface area contributed by atoms with E-state index < -0.39 is 6.08 Å². The molecule has 1 aromatic rings. The summed E-state index contributed by atoms with van der Waals surface area (Å²) in [6.45, 7) is 11.0. The molecule has 0 spiro atoms. The highest BCUT2D eigenvalue weighted by atomic mass is 19.3. The standard InChI is InChI=1S/C28H42F2O/c1-18-19(2)21(4)28(22(5)20(18)3)31-26-15-12-25(13-16-26)11-8-23-6-9-24(10-7-23)14-17-27(29)30/h17,23-26H,6-16H2,1-5H3. The summed E-state index contributed by atoms with van der Waals surface area (Å²) in [6.07, 6.45) is 12.8. The third-order valence-corrected chi connectivity index (χ3v) is 8.56. The lowest BCUT2D eigenvalue weighted by Crippen LogP contribution is -2.25. The second-order valence-electron chi connectivity index (χ2n) is 10.4. The third-order valence-electron chi connectivity index (χ3n) is 8.56. The van der Waals surface area contributed by atoms with Crippen LogP contribution in [0.2, 0.25) is 0 Å². The van der Waals surface area contributed by atoms with E-state index in [1.54, 1.807) is 0 Å². The van der Waals surface area contributed by atoms with Gasteiger partial charge in [-0.05, 0) is 131 Å². The molecule has 1 aromatic carbocycles. The Bertz CT molecular complexity index is 733. The van der Waals surface area contributed by atoms with Crippen LogP contribution in [0.1, 0.15) is 98.4 Å². The van der Waals surface area contributed by atoms with E-state index in [4.69, 9.17) is 4.74 Å². The second-order valence-corrected chi connectivity index (χ2v) is 10.4. The van der Waals surface area contributed by atoms with Crippen molar-refractivity contribution in [2.24, 2.45) is 17.8 Å². The van der Waals surface area contributed by atoms with Crippen LogP contribution in [0.15, 0.2) is 12.2 Å². The first-order valence-electron chi connectivity index (χ1n) is 12.5. The van der Waals surface area contributed by atoms with Gasteiger partial charge in [0.15, 0.2) is 0 Å². The quantitative estimate of drug-likeness (QED) is 0.418. The average Bonchev–Trinajstić information content (AvgIpc) is 2.78. The third kappa shape index (κ3) is 6.33. The van der Waals surface area contributed by atoms with Gasteiger partial charge in [-0.3, -0.25) is 0 Å². The highest BCUT2D eigenvalue weighted by molar-refractivity contribution is 5.53. The Balaban J connectivity index is 1.41. The summed E-state index contributed by atoms with van der Waals surface area (Å²) >= 11 is 0. The van der Waals surface area contributed by atoms with Crippen LogP contribution in [-0.4, -0.2) is 6.10 Å². The molecule has 0 saturated heterocycles. The van der Waals surface area contributed by atoms with E-state index in [0.29, 0.717) is 18.4 Å². The predicted octanol–water partition coefficient (Wildman–Crippen LogP) is 8.92. The van der Waals surface area contributed by atoms with Gasteiger partial charge in [-0.1, -0.05) is 25.7 Å². The summed E-state index contributed by atoms with van der Waals surface area (Å²) in [7, 11) is 0. The van der Waals surface area contributed by atoms with Crippen molar-refractivity contribution in [3.63, 3.8) is 0 Å². The van der Waals surface area contributed by atoms with E-state index in [1.807, 2.05) is 0 Å². The topological polar surface area (TPSA) is 9.23 Å². The number of rotatable bonds is 7. The van der Waals surface area contributed by atoms with Crippen LogP contribution in [-0.2, 0) is 0 Å². The molecule has 0 amide bonds. The molecule has 0 radical (unpaired) electrons. The smallest absolute Gasteiger partial charge is 0.266 e. The Labute approximate surface area is 188 Å². The predicted molar refractivity (Wildman–Crippen MR) is 126 cm³/mol. The van der Waals surface area contributed by atoms with E-state index in [2.05, 4.69) is 34.6 Å². The Kier molecular flexibility index (Phi) is 8.58. The minimum Gasteiger partial charge on any atom is -0.490 e. The van der Waals surface area contributed by atoms with Crippen molar-refractivity contribution in [3.8, 4) is 5.75 Å². The molecule has 0 N–H and O–H groups in total. The molecule has 0 atom stereocenters. The molecule has 0 bridgehead atoms. The molecule has 1 nitrogen and oxygen atoms in total. The molecule has 2 fully saturated rings. The zero-order chi connectivity index (χ0) is 22.5. The highest BCUT2D eigenvalue weighted by Crippen LogP contribution is 2.38. The van der Waals surface area contributed by atoms with Gasteiger partial charge < -0.3 is 4.74 Å². The van der Waals surface area contributed by atoms with Gasteiger partial charge in [-0.15, -0.1) is 0 Å². The second kappa shape index (κ2) is 11.0. The number of halogens is 2. The van der Waals surface area contributed by atoms with Crippen LogP contribution >= 0.6 is 0 Å². The molecule has 2 aliphatic rings. The lowest BCUT2D eigenvalue weighted by molar-refractivity contribution is 0.122. The van der Waals surface area contributed by atoms with E-state index in [1.165, 1.54) is 79.2 Å². The molecule has 2 saturated carbocycles. The van der Waals surface area contributed by atoms with Gasteiger partial charge in [0.25, 0.3) is 6.08 Å². The minimum absolute atomic E-state index is 0.356. The first-order valence-corrected chi connectivity index (χ1v) is 12.5. The molecule has 3 rings (SSSR count). The van der Waals surface area contributed by atoms with Gasteiger partial charge in [0.1, 0.15) is 5.75 Å². The lowest BCUT2D eigenvalue weighted by atomic mass is 9.76. The first kappa shape index (κ1) is 24.3. The SMILES string of the molecule is Cc1c(C)c(C)c(OC2CCC(CCC3CCC(CC=C(F)F)CC3)CC2)c(C)c1C. The zero-order valence-corrected chi connectivity index (χ0v) is 20.3. The van der Waals surface area contributed by atoms with Gasteiger partial charge in [-0.25, -0.2) is 0 Å². The summed E-state index contributed by atoms with van der Waals surface area (Å²) in [4.78, 5) is 0. The maximum Gasteiger partial charge on any atom is 0.266 e. The van der Waals surface area contributed by atoms with Gasteiger partial charge >= 0.3 is 0 Å². The molecule has 31 heavy (non-hydrogen) atoms. The normalized spacial score (nSPS) is 26.5. The van der Waals surface area contributed by atoms with Gasteiger partial charge in [0.05, 0.1) is 6.10 Å². The van der Waals surface area contributed by atoms with Crippen molar-refractivity contribution in [2.75, 3.05) is 0 Å². The molecule has 0 aliphatic heterocycles. The minimum atomic E-state index is -1.51. The molecule has 0 aromatic heterocycles. The monoisotopic (exact) mass is 432 g/mol. The number of allylic oxidation sites excluding steroid dienone is 1. The summed E-state index contributed by atoms with van der Waals surface area (Å²) < 4.78 is 31.1. The van der Waals surface area contributed by atoms with Crippen molar-refractivity contribution >= 4 is 0 Å². The van der Waals surface area contributed by atoms with E-state index >= 15 is 0 Å². The number of hydrogen-bond donors (Lipinski definition) is 0. The Hall–Kier alpha value is -1.38. The summed E-state index contributed by atoms with van der Waals surface area (Å²) in [6, 6.07) is 0. The summed E-state index contributed by atoms with van der Waals surface area (Å²) in [5, 5.41) is 0. The fraction of sp³-hybridized carbons (Fsp3) is 0.714. The van der Waals surface area contributed by atoms with Crippen molar-refractivity contribution in [2.45, 2.75) is 111 Å². The van der Waals surface area contributed by atoms with Crippen LogP contribution in [0.5, 0.6) is 5.75 Å². The van der Waals surface area contributed by atoms with Crippen LogP contribution in [0.3, 0.4) is 0 Å². The van der Waals surface area contributed by atoms with Crippen molar-refractivity contribution in [1.29, 1.82) is 0 Å². The van der Waals surface area contributed by atoms with Gasteiger partial charge in [0, 0.05) is 0 Å².